The Morgan fingerprint density at radius 3 is 2.24 bits per heavy atom. The number of nitrogens with zero attached hydrogens (tertiary/aromatic N) is 1. The second kappa shape index (κ2) is 5.67. The normalized spacial score (nSPS) is 10.0. The van der Waals surface area contributed by atoms with Gasteiger partial charge >= 0.3 is 5.97 Å². The van der Waals surface area contributed by atoms with Gasteiger partial charge in [0.15, 0.2) is 0 Å². The lowest BCUT2D eigenvalue weighted by atomic mass is 10.1. The predicted octanol–water partition coefficient (Wildman–Crippen LogP) is 3.50. The quantitative estimate of drug-likeness (QED) is 0.628. The van der Waals surface area contributed by atoms with Crippen molar-refractivity contribution < 1.29 is 22.7 Å². The standard InChI is InChI=1S/C15H8F3NO2/c1-8-2-3-9(4-12(8)16)15(20)21-10-5-13(17)11(7-19)14(18)6-10/h2-6H,1H3. The maximum absolute atomic E-state index is 13.4. The number of halogens is 3. The van der Waals surface area contributed by atoms with Crippen molar-refractivity contribution in [3.05, 3.63) is 64.5 Å². The number of nitriles is 1. The van der Waals surface area contributed by atoms with Crippen LogP contribution in [-0.4, -0.2) is 5.97 Å². The van der Waals surface area contributed by atoms with Crippen molar-refractivity contribution in [1.29, 1.82) is 5.26 Å². The second-order valence-electron chi connectivity index (χ2n) is 4.23. The maximum atomic E-state index is 13.4. The molecule has 0 saturated heterocycles. The average Bonchev–Trinajstić information content (AvgIpc) is 2.41. The lowest BCUT2D eigenvalue weighted by molar-refractivity contribution is 0.0733. The second-order valence-corrected chi connectivity index (χ2v) is 4.23. The van der Waals surface area contributed by atoms with Crippen LogP contribution in [0.5, 0.6) is 5.75 Å². The summed E-state index contributed by atoms with van der Waals surface area (Å²) in [6, 6.07) is 6.45. The number of esters is 1. The average molecular weight is 291 g/mol. The number of carbonyl (C=O) groups excluding carboxylic acids is 1. The van der Waals surface area contributed by atoms with Crippen molar-refractivity contribution in [2.45, 2.75) is 6.92 Å². The zero-order chi connectivity index (χ0) is 15.6. The van der Waals surface area contributed by atoms with Gasteiger partial charge in [-0.3, -0.25) is 0 Å². The van der Waals surface area contributed by atoms with E-state index < -0.39 is 34.7 Å². The zero-order valence-electron chi connectivity index (χ0n) is 10.8. The highest BCUT2D eigenvalue weighted by molar-refractivity contribution is 5.91. The highest BCUT2D eigenvalue weighted by atomic mass is 19.1. The Morgan fingerprint density at radius 1 is 1.10 bits per heavy atom. The molecule has 0 saturated carbocycles. The molecule has 0 fully saturated rings. The molecule has 3 nitrogen and oxygen atoms in total. The first kappa shape index (κ1) is 14.6. The van der Waals surface area contributed by atoms with Crippen molar-refractivity contribution in [3.8, 4) is 11.8 Å². The fraction of sp³-hybridized carbons (Fsp3) is 0.0667. The van der Waals surface area contributed by atoms with E-state index in [0.29, 0.717) is 17.7 Å². The molecule has 0 heterocycles. The molecular weight excluding hydrogens is 283 g/mol. The molecule has 0 amide bonds. The van der Waals surface area contributed by atoms with Crippen LogP contribution in [0.25, 0.3) is 0 Å². The molecule has 2 aromatic rings. The largest absolute Gasteiger partial charge is 0.423 e. The van der Waals surface area contributed by atoms with Crippen LogP contribution in [-0.2, 0) is 0 Å². The van der Waals surface area contributed by atoms with Crippen LogP contribution in [0.15, 0.2) is 30.3 Å². The first-order chi connectivity index (χ1) is 9.92. The Kier molecular flexibility index (Phi) is 3.94. The number of ether oxygens (including phenoxy) is 1. The van der Waals surface area contributed by atoms with Gasteiger partial charge in [-0.15, -0.1) is 0 Å². The number of rotatable bonds is 2. The number of aryl methyl sites for hydroxylation is 1. The first-order valence-corrected chi connectivity index (χ1v) is 5.80. The molecule has 0 radical (unpaired) electrons. The third-order valence-corrected chi connectivity index (χ3v) is 2.75. The Hall–Kier alpha value is -2.81. The molecule has 0 aliphatic heterocycles. The van der Waals surface area contributed by atoms with Crippen LogP contribution in [0.2, 0.25) is 0 Å². The van der Waals surface area contributed by atoms with Gasteiger partial charge in [0.25, 0.3) is 0 Å². The Labute approximate surface area is 118 Å². The van der Waals surface area contributed by atoms with Gasteiger partial charge in [0.1, 0.15) is 34.8 Å². The molecule has 0 bridgehead atoms. The maximum Gasteiger partial charge on any atom is 0.343 e. The van der Waals surface area contributed by atoms with E-state index in [1.807, 2.05) is 0 Å². The Bertz CT molecular complexity index is 743. The number of hydrogen-bond donors (Lipinski definition) is 0. The molecule has 0 unspecified atom stereocenters. The molecule has 0 aliphatic rings. The molecule has 21 heavy (non-hydrogen) atoms. The van der Waals surface area contributed by atoms with E-state index in [1.54, 1.807) is 0 Å². The van der Waals surface area contributed by atoms with E-state index in [9.17, 15) is 18.0 Å². The van der Waals surface area contributed by atoms with Gasteiger partial charge in [-0.2, -0.15) is 5.26 Å². The van der Waals surface area contributed by atoms with Crippen molar-refractivity contribution in [2.24, 2.45) is 0 Å². The third kappa shape index (κ3) is 3.03. The van der Waals surface area contributed by atoms with Gasteiger partial charge in [0, 0.05) is 12.1 Å². The van der Waals surface area contributed by atoms with Gasteiger partial charge in [-0.05, 0) is 24.6 Å². The Morgan fingerprint density at radius 2 is 1.71 bits per heavy atom. The number of benzene rings is 2. The molecule has 2 aromatic carbocycles. The molecule has 0 aromatic heterocycles. The van der Waals surface area contributed by atoms with Crippen LogP contribution in [0.3, 0.4) is 0 Å². The van der Waals surface area contributed by atoms with Gasteiger partial charge in [-0.1, -0.05) is 6.07 Å². The van der Waals surface area contributed by atoms with Crippen molar-refractivity contribution in [3.63, 3.8) is 0 Å². The van der Waals surface area contributed by atoms with Crippen LogP contribution in [0, 0.1) is 35.7 Å². The summed E-state index contributed by atoms with van der Waals surface area (Å²) in [4.78, 5) is 11.8. The topological polar surface area (TPSA) is 50.1 Å². The summed E-state index contributed by atoms with van der Waals surface area (Å²) in [5.74, 6) is -4.25. The van der Waals surface area contributed by atoms with Gasteiger partial charge in [0.05, 0.1) is 5.56 Å². The highest BCUT2D eigenvalue weighted by Crippen LogP contribution is 2.21. The molecule has 0 spiro atoms. The number of carbonyl (C=O) groups is 1. The molecule has 6 heteroatoms. The summed E-state index contributed by atoms with van der Waals surface area (Å²) in [7, 11) is 0. The van der Waals surface area contributed by atoms with Crippen molar-refractivity contribution >= 4 is 5.97 Å². The fourth-order valence-electron chi connectivity index (χ4n) is 1.60. The summed E-state index contributed by atoms with van der Waals surface area (Å²) in [6.07, 6.45) is 0. The van der Waals surface area contributed by atoms with Crippen LogP contribution < -0.4 is 4.74 Å². The van der Waals surface area contributed by atoms with Crippen LogP contribution in [0.4, 0.5) is 13.2 Å². The van der Waals surface area contributed by atoms with Gasteiger partial charge < -0.3 is 4.74 Å². The summed E-state index contributed by atoms with van der Waals surface area (Å²) in [5, 5.41) is 8.53. The van der Waals surface area contributed by atoms with E-state index in [2.05, 4.69) is 0 Å². The van der Waals surface area contributed by atoms with E-state index in [1.165, 1.54) is 25.1 Å². The van der Waals surface area contributed by atoms with E-state index in [-0.39, 0.29) is 5.56 Å². The lowest BCUT2D eigenvalue weighted by Gasteiger charge is -2.06. The summed E-state index contributed by atoms with van der Waals surface area (Å²) < 4.78 is 44.8. The molecule has 0 atom stereocenters. The SMILES string of the molecule is Cc1ccc(C(=O)Oc2cc(F)c(C#N)c(F)c2)cc1F. The minimum atomic E-state index is -1.14. The highest BCUT2D eigenvalue weighted by Gasteiger charge is 2.15. The minimum Gasteiger partial charge on any atom is -0.423 e. The molecule has 106 valence electrons. The van der Waals surface area contributed by atoms with Crippen LogP contribution in [0.1, 0.15) is 21.5 Å². The zero-order valence-corrected chi connectivity index (χ0v) is 10.8. The number of hydrogen-bond acceptors (Lipinski definition) is 3. The monoisotopic (exact) mass is 291 g/mol. The summed E-state index contributed by atoms with van der Waals surface area (Å²) in [5.41, 5.74) is -0.513. The minimum absolute atomic E-state index is 0.0942. The van der Waals surface area contributed by atoms with E-state index >= 15 is 0 Å². The van der Waals surface area contributed by atoms with E-state index in [4.69, 9.17) is 10.00 Å². The lowest BCUT2D eigenvalue weighted by Crippen LogP contribution is -2.10. The van der Waals surface area contributed by atoms with Gasteiger partial charge in [-0.25, -0.2) is 18.0 Å². The molecule has 2 rings (SSSR count). The summed E-state index contributed by atoms with van der Waals surface area (Å²) >= 11 is 0. The molecule has 0 N–H and O–H groups in total. The van der Waals surface area contributed by atoms with Crippen molar-refractivity contribution in [1.82, 2.24) is 0 Å². The third-order valence-electron chi connectivity index (χ3n) is 2.75. The van der Waals surface area contributed by atoms with Gasteiger partial charge in [0.2, 0.25) is 0 Å². The van der Waals surface area contributed by atoms with Crippen molar-refractivity contribution in [2.75, 3.05) is 0 Å². The molecule has 0 aliphatic carbocycles. The predicted molar refractivity (Wildman–Crippen MR) is 67.2 cm³/mol. The summed E-state index contributed by atoms with van der Waals surface area (Å²) in [6.45, 7) is 1.52. The smallest absolute Gasteiger partial charge is 0.343 e. The van der Waals surface area contributed by atoms with E-state index in [0.717, 1.165) is 6.07 Å². The Balaban J connectivity index is 2.28. The van der Waals surface area contributed by atoms with Crippen LogP contribution >= 0.6 is 0 Å². The first-order valence-electron chi connectivity index (χ1n) is 5.80. The fourth-order valence-corrected chi connectivity index (χ4v) is 1.60. The molecular formula is C15H8F3NO2.